The molecule has 0 amide bonds. The molecule has 2 rings (SSSR count). The van der Waals surface area contributed by atoms with E-state index in [1.807, 2.05) is 41.8 Å². The molecule has 18 heavy (non-hydrogen) atoms. The van der Waals surface area contributed by atoms with Gasteiger partial charge in [0.2, 0.25) is 6.29 Å². The van der Waals surface area contributed by atoms with Gasteiger partial charge in [-0.1, -0.05) is 36.4 Å². The molecule has 4 heteroatoms. The van der Waals surface area contributed by atoms with Crippen molar-refractivity contribution >= 4 is 23.4 Å². The Hall–Kier alpha value is -1.91. The van der Waals surface area contributed by atoms with Crippen molar-refractivity contribution in [1.29, 1.82) is 0 Å². The molecule has 0 radical (unpaired) electrons. The summed E-state index contributed by atoms with van der Waals surface area (Å²) in [5.41, 5.74) is 0.465. The lowest BCUT2D eigenvalue weighted by molar-refractivity contribution is -0.150. The molecule has 0 bridgehead atoms. The van der Waals surface area contributed by atoms with Crippen LogP contribution in [0.5, 0.6) is 0 Å². The summed E-state index contributed by atoms with van der Waals surface area (Å²) >= 11 is 1.67. The van der Waals surface area contributed by atoms with Gasteiger partial charge in [0.05, 0.1) is 0 Å². The Morgan fingerprint density at radius 3 is 2.61 bits per heavy atom. The molecule has 1 aliphatic rings. The van der Waals surface area contributed by atoms with Gasteiger partial charge < -0.3 is 9.84 Å². The molecule has 1 aromatic heterocycles. The minimum atomic E-state index is -1.14. The first kappa shape index (κ1) is 12.5. The fourth-order valence-corrected chi connectivity index (χ4v) is 2.01. The molecule has 0 spiro atoms. The standard InChI is InChI=1S/C14H12O3S/c15-13-10-11(14(16)17-13)6-3-1-2-4-7-12-8-5-9-18-12/h1-10,14,16H/b2-1+,6-3+,7-4+. The molecule has 0 aliphatic carbocycles. The van der Waals surface area contributed by atoms with Crippen LogP contribution in [-0.2, 0) is 9.53 Å². The molecule has 0 saturated carbocycles. The lowest BCUT2D eigenvalue weighted by Gasteiger charge is -2.01. The van der Waals surface area contributed by atoms with Crippen molar-refractivity contribution in [3.05, 3.63) is 64.4 Å². The smallest absolute Gasteiger partial charge is 0.333 e. The van der Waals surface area contributed by atoms with Crippen molar-refractivity contribution in [1.82, 2.24) is 0 Å². The number of rotatable bonds is 4. The maximum Gasteiger partial charge on any atom is 0.333 e. The monoisotopic (exact) mass is 260 g/mol. The van der Waals surface area contributed by atoms with Crippen LogP contribution in [0.1, 0.15) is 4.88 Å². The number of aliphatic hydroxyl groups is 1. The Labute approximate surface area is 109 Å². The number of thiophene rings is 1. The van der Waals surface area contributed by atoms with Gasteiger partial charge in [0.1, 0.15) is 0 Å². The van der Waals surface area contributed by atoms with Crippen LogP contribution in [0.2, 0.25) is 0 Å². The normalized spacial score (nSPS) is 20.2. The van der Waals surface area contributed by atoms with Crippen molar-refractivity contribution in [2.75, 3.05) is 0 Å². The molecule has 92 valence electrons. The predicted molar refractivity (Wildman–Crippen MR) is 71.8 cm³/mol. The summed E-state index contributed by atoms with van der Waals surface area (Å²) in [5, 5.41) is 11.3. The molecule has 0 saturated heterocycles. The van der Waals surface area contributed by atoms with Crippen molar-refractivity contribution < 1.29 is 14.6 Å². The Morgan fingerprint density at radius 2 is 2.00 bits per heavy atom. The summed E-state index contributed by atoms with van der Waals surface area (Å²) in [5.74, 6) is -0.510. The van der Waals surface area contributed by atoms with E-state index in [0.717, 1.165) is 0 Å². The first-order chi connectivity index (χ1) is 8.75. The molecule has 1 unspecified atom stereocenters. The zero-order chi connectivity index (χ0) is 12.8. The van der Waals surface area contributed by atoms with Crippen LogP contribution in [0.15, 0.2) is 59.5 Å². The minimum absolute atomic E-state index is 0.465. The predicted octanol–water partition coefficient (Wildman–Crippen LogP) is 2.68. The number of carbonyl (C=O) groups excluding carboxylic acids is 1. The van der Waals surface area contributed by atoms with E-state index >= 15 is 0 Å². The number of aliphatic hydroxyl groups excluding tert-OH is 1. The third-order valence-corrected chi connectivity index (χ3v) is 3.06. The molecule has 0 fully saturated rings. The van der Waals surface area contributed by atoms with Crippen LogP contribution in [0.3, 0.4) is 0 Å². The van der Waals surface area contributed by atoms with E-state index in [9.17, 15) is 9.90 Å². The van der Waals surface area contributed by atoms with Crippen LogP contribution in [0.25, 0.3) is 6.08 Å². The highest BCUT2D eigenvalue weighted by Gasteiger charge is 2.20. The molecule has 1 aliphatic heterocycles. The number of carbonyl (C=O) groups is 1. The topological polar surface area (TPSA) is 46.5 Å². The zero-order valence-corrected chi connectivity index (χ0v) is 10.3. The van der Waals surface area contributed by atoms with E-state index in [4.69, 9.17) is 0 Å². The number of hydrogen-bond donors (Lipinski definition) is 1. The molecule has 2 heterocycles. The molecular formula is C14H12O3S. The SMILES string of the molecule is O=C1C=C(/C=C/C=C/C=C/c2cccs2)C(O)O1. The van der Waals surface area contributed by atoms with Gasteiger partial charge in [0.15, 0.2) is 0 Å². The van der Waals surface area contributed by atoms with E-state index < -0.39 is 12.3 Å². The third kappa shape index (κ3) is 3.55. The summed E-state index contributed by atoms with van der Waals surface area (Å²) in [6.07, 6.45) is 11.2. The van der Waals surface area contributed by atoms with Crippen molar-refractivity contribution in [2.45, 2.75) is 6.29 Å². The third-order valence-electron chi connectivity index (χ3n) is 2.22. The quantitative estimate of drug-likeness (QED) is 0.668. The molecule has 0 aromatic carbocycles. The van der Waals surface area contributed by atoms with Crippen LogP contribution >= 0.6 is 11.3 Å². The molecule has 1 aromatic rings. The zero-order valence-electron chi connectivity index (χ0n) is 9.52. The number of hydrogen-bond acceptors (Lipinski definition) is 4. The van der Waals surface area contributed by atoms with Gasteiger partial charge in [0.25, 0.3) is 0 Å². The highest BCUT2D eigenvalue weighted by atomic mass is 32.1. The minimum Gasteiger partial charge on any atom is -0.428 e. The van der Waals surface area contributed by atoms with Gasteiger partial charge in [0, 0.05) is 16.5 Å². The molecule has 3 nitrogen and oxygen atoms in total. The summed E-state index contributed by atoms with van der Waals surface area (Å²) in [6.45, 7) is 0. The second-order valence-electron chi connectivity index (χ2n) is 3.55. The van der Waals surface area contributed by atoms with E-state index in [-0.39, 0.29) is 0 Å². The van der Waals surface area contributed by atoms with Crippen LogP contribution in [0, 0.1) is 0 Å². The summed E-state index contributed by atoms with van der Waals surface area (Å²) in [7, 11) is 0. The Balaban J connectivity index is 1.84. The average molecular weight is 260 g/mol. The highest BCUT2D eigenvalue weighted by molar-refractivity contribution is 7.10. The van der Waals surface area contributed by atoms with Crippen LogP contribution < -0.4 is 0 Å². The maximum atomic E-state index is 10.8. The van der Waals surface area contributed by atoms with Crippen molar-refractivity contribution in [2.24, 2.45) is 0 Å². The van der Waals surface area contributed by atoms with Gasteiger partial charge in [-0.15, -0.1) is 11.3 Å². The Bertz CT molecular complexity index is 521. The van der Waals surface area contributed by atoms with Crippen LogP contribution in [-0.4, -0.2) is 17.4 Å². The van der Waals surface area contributed by atoms with Crippen LogP contribution in [0.4, 0.5) is 0 Å². The fourth-order valence-electron chi connectivity index (χ4n) is 1.38. The molecule has 1 atom stereocenters. The van der Waals surface area contributed by atoms with Gasteiger partial charge in [-0.2, -0.15) is 0 Å². The lowest BCUT2D eigenvalue weighted by Crippen LogP contribution is -2.08. The second kappa shape index (κ2) is 6.14. The van der Waals surface area contributed by atoms with Gasteiger partial charge in [-0.25, -0.2) is 4.79 Å². The fraction of sp³-hybridized carbons (Fsp3) is 0.0714. The Morgan fingerprint density at radius 1 is 1.22 bits per heavy atom. The maximum absolute atomic E-state index is 10.8. The van der Waals surface area contributed by atoms with E-state index in [0.29, 0.717) is 5.57 Å². The second-order valence-corrected chi connectivity index (χ2v) is 4.53. The number of cyclic esters (lactones) is 1. The largest absolute Gasteiger partial charge is 0.428 e. The van der Waals surface area contributed by atoms with E-state index in [2.05, 4.69) is 4.74 Å². The van der Waals surface area contributed by atoms with Gasteiger partial charge in [-0.3, -0.25) is 0 Å². The molecule has 1 N–H and O–H groups in total. The first-order valence-corrected chi connectivity index (χ1v) is 6.29. The van der Waals surface area contributed by atoms with E-state index in [1.165, 1.54) is 11.0 Å². The molecular weight excluding hydrogens is 248 g/mol. The highest BCUT2D eigenvalue weighted by Crippen LogP contribution is 2.14. The number of ether oxygens (including phenoxy) is 1. The summed E-state index contributed by atoms with van der Waals surface area (Å²) in [6, 6.07) is 4.03. The van der Waals surface area contributed by atoms with E-state index in [1.54, 1.807) is 23.5 Å². The Kier molecular flexibility index (Phi) is 4.28. The summed E-state index contributed by atoms with van der Waals surface area (Å²) < 4.78 is 4.54. The van der Waals surface area contributed by atoms with Crippen molar-refractivity contribution in [3.63, 3.8) is 0 Å². The lowest BCUT2D eigenvalue weighted by atomic mass is 10.2. The number of esters is 1. The number of allylic oxidation sites excluding steroid dienone is 4. The summed E-state index contributed by atoms with van der Waals surface area (Å²) in [4.78, 5) is 12.0. The van der Waals surface area contributed by atoms with Gasteiger partial charge in [-0.05, 0) is 17.5 Å². The van der Waals surface area contributed by atoms with Gasteiger partial charge >= 0.3 is 5.97 Å². The van der Waals surface area contributed by atoms with Crippen molar-refractivity contribution in [3.8, 4) is 0 Å². The first-order valence-electron chi connectivity index (χ1n) is 5.41. The average Bonchev–Trinajstić information content (AvgIpc) is 2.94.